The molecule has 46 heavy (non-hydrogen) atoms. The van der Waals surface area contributed by atoms with Gasteiger partial charge >= 0.3 is 12.4 Å². The highest BCUT2D eigenvalue weighted by atomic mass is 19.4. The van der Waals surface area contributed by atoms with E-state index in [1.165, 1.54) is 30.5 Å². The molecule has 13 heteroatoms. The quantitative estimate of drug-likeness (QED) is 0.187. The SMILES string of the molecule is CC(C)Cn1nnc(N(Cc2cc(C(F)(F)F)cc(C(F)(F)F)c2)Cc2cc3c(nc2N(CC2CC2)CC2CC2)C(C)(C)CC3)n1. The van der Waals surface area contributed by atoms with Gasteiger partial charge in [0.2, 0.25) is 0 Å². The van der Waals surface area contributed by atoms with Crippen LogP contribution in [0.25, 0.3) is 0 Å². The van der Waals surface area contributed by atoms with E-state index >= 15 is 0 Å². The fourth-order valence-corrected chi connectivity index (χ4v) is 6.30. The number of aryl methyl sites for hydroxylation is 1. The van der Waals surface area contributed by atoms with Gasteiger partial charge in [0.1, 0.15) is 5.82 Å². The molecule has 0 saturated heterocycles. The highest BCUT2D eigenvalue weighted by Gasteiger charge is 2.38. The van der Waals surface area contributed by atoms with Gasteiger partial charge in [0.25, 0.3) is 5.95 Å². The van der Waals surface area contributed by atoms with Crippen molar-refractivity contribution in [3.05, 3.63) is 57.8 Å². The molecule has 0 spiro atoms. The summed E-state index contributed by atoms with van der Waals surface area (Å²) in [6, 6.07) is 3.84. The molecule has 0 amide bonds. The van der Waals surface area contributed by atoms with Crippen molar-refractivity contribution >= 4 is 11.8 Å². The van der Waals surface area contributed by atoms with Crippen LogP contribution >= 0.6 is 0 Å². The van der Waals surface area contributed by atoms with E-state index in [0.29, 0.717) is 18.4 Å². The summed E-state index contributed by atoms with van der Waals surface area (Å²) in [5.41, 5.74) is 0.0967. The summed E-state index contributed by atoms with van der Waals surface area (Å²) in [5.74, 6) is 2.35. The maximum atomic E-state index is 13.8. The molecule has 2 heterocycles. The Balaban J connectivity index is 1.43. The second-order valence-electron chi connectivity index (χ2n) is 14.5. The molecule has 0 atom stereocenters. The van der Waals surface area contributed by atoms with Crippen molar-refractivity contribution in [1.82, 2.24) is 25.2 Å². The highest BCUT2D eigenvalue weighted by molar-refractivity contribution is 5.54. The lowest BCUT2D eigenvalue weighted by atomic mass is 9.90. The van der Waals surface area contributed by atoms with E-state index < -0.39 is 23.5 Å². The van der Waals surface area contributed by atoms with Gasteiger partial charge in [-0.15, -0.1) is 5.10 Å². The fraction of sp³-hybridized carbons (Fsp3) is 0.636. The van der Waals surface area contributed by atoms with E-state index in [4.69, 9.17) is 4.98 Å². The highest BCUT2D eigenvalue weighted by Crippen LogP contribution is 2.42. The molecular weight excluding hydrogens is 608 g/mol. The number of rotatable bonds is 12. The summed E-state index contributed by atoms with van der Waals surface area (Å²) in [7, 11) is 0. The van der Waals surface area contributed by atoms with Gasteiger partial charge in [0.05, 0.1) is 23.4 Å². The Bertz CT molecular complexity index is 1510. The minimum atomic E-state index is -4.95. The van der Waals surface area contributed by atoms with Crippen LogP contribution in [0.5, 0.6) is 0 Å². The van der Waals surface area contributed by atoms with Gasteiger partial charge < -0.3 is 9.80 Å². The van der Waals surface area contributed by atoms with Crippen LogP contribution < -0.4 is 9.80 Å². The average molecular weight is 650 g/mol. The molecule has 250 valence electrons. The number of hydrogen-bond acceptors (Lipinski definition) is 6. The number of hydrogen-bond donors (Lipinski definition) is 0. The number of anilines is 2. The number of benzene rings is 1. The molecule has 0 bridgehead atoms. The molecule has 2 saturated carbocycles. The third-order valence-electron chi connectivity index (χ3n) is 9.10. The Labute approximate surface area is 265 Å². The first kappa shape index (κ1) is 32.6. The number of tetrazole rings is 1. The number of nitrogens with zero attached hydrogens (tertiary/aromatic N) is 7. The Kier molecular flexibility index (Phi) is 8.50. The third kappa shape index (κ3) is 7.60. The molecule has 0 unspecified atom stereocenters. The van der Waals surface area contributed by atoms with Crippen LogP contribution in [0.15, 0.2) is 24.3 Å². The van der Waals surface area contributed by atoms with Crippen molar-refractivity contribution in [2.45, 2.75) is 104 Å². The normalized spacial score (nSPS) is 17.9. The Morgan fingerprint density at radius 1 is 0.870 bits per heavy atom. The molecule has 3 aliphatic rings. The molecule has 2 fully saturated rings. The van der Waals surface area contributed by atoms with Crippen LogP contribution in [-0.4, -0.2) is 38.3 Å². The van der Waals surface area contributed by atoms with E-state index in [1.54, 1.807) is 4.90 Å². The maximum Gasteiger partial charge on any atom is 0.416 e. The Morgan fingerprint density at radius 3 is 2.02 bits per heavy atom. The lowest BCUT2D eigenvalue weighted by molar-refractivity contribution is -0.143. The number of pyridine rings is 1. The standard InChI is InChI=1S/C33H41F6N7/c1-20(2)15-46-42-30(41-43-46)45(18-23-11-26(32(34,35)36)14-27(12-23)33(37,38)39)19-25-13-24-9-10-31(3,4)28(24)40-29(25)44(16-21-5-6-21)17-22-7-8-22/h11-14,20-22H,5-10,15-19H2,1-4H3. The molecule has 7 nitrogen and oxygen atoms in total. The fourth-order valence-electron chi connectivity index (χ4n) is 6.30. The lowest BCUT2D eigenvalue weighted by Crippen LogP contribution is -2.33. The van der Waals surface area contributed by atoms with Crippen LogP contribution in [0.2, 0.25) is 0 Å². The minimum Gasteiger partial charge on any atom is -0.356 e. The van der Waals surface area contributed by atoms with Crippen molar-refractivity contribution in [2.75, 3.05) is 22.9 Å². The second kappa shape index (κ2) is 12.0. The molecular formula is C33H41F6N7. The first-order valence-corrected chi connectivity index (χ1v) is 16.1. The van der Waals surface area contributed by atoms with Gasteiger partial charge in [-0.2, -0.15) is 31.1 Å². The van der Waals surface area contributed by atoms with Crippen molar-refractivity contribution in [3.63, 3.8) is 0 Å². The van der Waals surface area contributed by atoms with E-state index in [1.807, 2.05) is 13.8 Å². The molecule has 0 radical (unpaired) electrons. The van der Waals surface area contributed by atoms with Gasteiger partial charge in [0.15, 0.2) is 0 Å². The van der Waals surface area contributed by atoms with Crippen LogP contribution in [0.4, 0.5) is 38.1 Å². The van der Waals surface area contributed by atoms with E-state index in [-0.39, 0.29) is 42.0 Å². The van der Waals surface area contributed by atoms with Gasteiger partial charge in [-0.25, -0.2) is 4.98 Å². The smallest absolute Gasteiger partial charge is 0.356 e. The van der Waals surface area contributed by atoms with Crippen LogP contribution in [0.1, 0.15) is 93.3 Å². The largest absolute Gasteiger partial charge is 0.416 e. The van der Waals surface area contributed by atoms with Crippen molar-refractivity contribution in [1.29, 1.82) is 0 Å². The number of halogens is 6. The van der Waals surface area contributed by atoms with E-state index in [0.717, 1.165) is 60.7 Å². The molecule has 3 aromatic rings. The predicted molar refractivity (Wildman–Crippen MR) is 162 cm³/mol. The lowest BCUT2D eigenvalue weighted by Gasteiger charge is -2.30. The minimum absolute atomic E-state index is 0.0970. The zero-order valence-corrected chi connectivity index (χ0v) is 26.7. The summed E-state index contributed by atoms with van der Waals surface area (Å²) in [6.45, 7) is 10.4. The second-order valence-corrected chi connectivity index (χ2v) is 14.5. The first-order valence-electron chi connectivity index (χ1n) is 16.1. The maximum absolute atomic E-state index is 13.8. The predicted octanol–water partition coefficient (Wildman–Crippen LogP) is 7.82. The Hall–Kier alpha value is -3.38. The van der Waals surface area contributed by atoms with Gasteiger partial charge in [-0.3, -0.25) is 0 Å². The van der Waals surface area contributed by atoms with Crippen molar-refractivity contribution < 1.29 is 26.3 Å². The van der Waals surface area contributed by atoms with Crippen molar-refractivity contribution in [2.24, 2.45) is 17.8 Å². The number of alkyl halides is 6. The van der Waals surface area contributed by atoms with Crippen molar-refractivity contribution in [3.8, 4) is 0 Å². The molecule has 2 aromatic heterocycles. The van der Waals surface area contributed by atoms with E-state index in [9.17, 15) is 26.3 Å². The van der Waals surface area contributed by atoms with Gasteiger partial charge in [0, 0.05) is 37.2 Å². The van der Waals surface area contributed by atoms with Crippen LogP contribution in [-0.2, 0) is 43.8 Å². The van der Waals surface area contributed by atoms with Crippen LogP contribution in [0, 0.1) is 17.8 Å². The average Bonchev–Trinajstić information content (AvgIpc) is 3.88. The summed E-state index contributed by atoms with van der Waals surface area (Å²) in [6.07, 6.45) is -3.44. The Morgan fingerprint density at radius 2 is 1.48 bits per heavy atom. The van der Waals surface area contributed by atoms with Crippen LogP contribution in [0.3, 0.4) is 0 Å². The third-order valence-corrected chi connectivity index (χ3v) is 9.10. The zero-order chi connectivity index (χ0) is 33.0. The zero-order valence-electron chi connectivity index (χ0n) is 26.7. The molecule has 3 aliphatic carbocycles. The van der Waals surface area contributed by atoms with Gasteiger partial charge in [-0.1, -0.05) is 32.8 Å². The summed E-state index contributed by atoms with van der Waals surface area (Å²) < 4.78 is 82.7. The molecule has 0 N–H and O–H groups in total. The molecule has 6 rings (SSSR count). The molecule has 1 aromatic carbocycles. The number of aromatic nitrogens is 5. The topological polar surface area (TPSA) is 63.0 Å². The molecule has 0 aliphatic heterocycles. The summed E-state index contributed by atoms with van der Waals surface area (Å²) >= 11 is 0. The monoisotopic (exact) mass is 649 g/mol. The first-order chi connectivity index (χ1) is 21.5. The summed E-state index contributed by atoms with van der Waals surface area (Å²) in [5, 5.41) is 12.9. The van der Waals surface area contributed by atoms with E-state index in [2.05, 4.69) is 40.2 Å². The number of fused-ring (bicyclic) bond motifs is 1. The van der Waals surface area contributed by atoms with Gasteiger partial charge in [-0.05, 0) is 96.9 Å². The summed E-state index contributed by atoms with van der Waals surface area (Å²) in [4.78, 5) is 10.7.